The van der Waals surface area contributed by atoms with E-state index < -0.39 is 0 Å². The Balaban J connectivity index is 1.95. The summed E-state index contributed by atoms with van der Waals surface area (Å²) in [5.74, 6) is -0.416. The maximum atomic E-state index is 12.7. The van der Waals surface area contributed by atoms with Crippen molar-refractivity contribution in [3.05, 3.63) is 59.7 Å². The summed E-state index contributed by atoms with van der Waals surface area (Å²) < 4.78 is 14.4. The number of amides is 1. The molecule has 0 aliphatic carbocycles. The lowest BCUT2D eigenvalue weighted by molar-refractivity contribution is -0.125. The van der Waals surface area contributed by atoms with E-state index in [1.165, 1.54) is 18.2 Å². The molecule has 2 rings (SSSR count). The van der Waals surface area contributed by atoms with Gasteiger partial charge in [0.25, 0.3) is 0 Å². The molecule has 0 saturated heterocycles. The van der Waals surface area contributed by atoms with Crippen LogP contribution in [0.5, 0.6) is 0 Å². The van der Waals surface area contributed by atoms with Crippen LogP contribution < -0.4 is 0 Å². The second-order valence-electron chi connectivity index (χ2n) is 4.56. The minimum atomic E-state index is -0.291. The predicted molar refractivity (Wildman–Crippen MR) is 75.1 cm³/mol. The number of halogens is 1. The zero-order valence-corrected chi connectivity index (χ0v) is 11.5. The molecule has 5 heteroatoms. The zero-order chi connectivity index (χ0) is 14.5. The zero-order valence-electron chi connectivity index (χ0n) is 11.5. The van der Waals surface area contributed by atoms with E-state index in [1.807, 2.05) is 19.3 Å². The fraction of sp³-hybridized carbons (Fsp3) is 0.200. The summed E-state index contributed by atoms with van der Waals surface area (Å²) in [4.78, 5) is 13.5. The molecule has 20 heavy (non-hydrogen) atoms. The Bertz CT molecular complexity index is 616. The number of aromatic nitrogens is 2. The monoisotopic (exact) mass is 273 g/mol. The van der Waals surface area contributed by atoms with Gasteiger partial charge in [-0.15, -0.1) is 0 Å². The molecule has 0 bridgehead atoms. The molecule has 0 N–H and O–H groups in total. The maximum Gasteiger partial charge on any atom is 0.246 e. The molecule has 0 fully saturated rings. The molecule has 4 nitrogen and oxygen atoms in total. The van der Waals surface area contributed by atoms with Gasteiger partial charge in [0, 0.05) is 26.4 Å². The summed E-state index contributed by atoms with van der Waals surface area (Å²) in [5, 5.41) is 4.22. The lowest BCUT2D eigenvalue weighted by Crippen LogP contribution is -2.24. The standard InChI is InChI=1S/C15H16FN3O/c1-18(11-14-9-10-19(2)17-14)15(20)8-5-12-3-6-13(16)7-4-12/h3-10H,11H2,1-2H3/b8-5+. The van der Waals surface area contributed by atoms with Gasteiger partial charge < -0.3 is 4.90 Å². The van der Waals surface area contributed by atoms with Crippen molar-refractivity contribution in [3.8, 4) is 0 Å². The number of hydrogen-bond acceptors (Lipinski definition) is 2. The third-order valence-corrected chi connectivity index (χ3v) is 2.83. The van der Waals surface area contributed by atoms with Crippen LogP contribution in [0.2, 0.25) is 0 Å². The van der Waals surface area contributed by atoms with Gasteiger partial charge in [-0.05, 0) is 29.8 Å². The van der Waals surface area contributed by atoms with Crippen molar-refractivity contribution in [2.24, 2.45) is 7.05 Å². The van der Waals surface area contributed by atoms with E-state index >= 15 is 0 Å². The normalized spacial score (nSPS) is 10.9. The number of aryl methyl sites for hydroxylation is 1. The van der Waals surface area contributed by atoms with Gasteiger partial charge in [0.1, 0.15) is 5.82 Å². The number of hydrogen-bond donors (Lipinski definition) is 0. The molecule has 0 unspecified atom stereocenters. The first-order valence-corrected chi connectivity index (χ1v) is 6.22. The Morgan fingerprint density at radius 1 is 1.35 bits per heavy atom. The number of carbonyl (C=O) groups is 1. The minimum absolute atomic E-state index is 0.125. The molecule has 1 aromatic carbocycles. The molecule has 0 atom stereocenters. The third kappa shape index (κ3) is 3.78. The van der Waals surface area contributed by atoms with Crippen molar-refractivity contribution in [1.82, 2.24) is 14.7 Å². The molecule has 0 radical (unpaired) electrons. The number of rotatable bonds is 4. The average molecular weight is 273 g/mol. The fourth-order valence-electron chi connectivity index (χ4n) is 1.74. The Morgan fingerprint density at radius 2 is 2.05 bits per heavy atom. The van der Waals surface area contributed by atoms with Crippen LogP contribution in [-0.2, 0) is 18.4 Å². The number of carbonyl (C=O) groups excluding carboxylic acids is 1. The van der Waals surface area contributed by atoms with Crippen molar-refractivity contribution >= 4 is 12.0 Å². The molecular formula is C15H16FN3O. The van der Waals surface area contributed by atoms with Crippen LogP contribution in [0.3, 0.4) is 0 Å². The van der Waals surface area contributed by atoms with Crippen LogP contribution in [0.15, 0.2) is 42.6 Å². The summed E-state index contributed by atoms with van der Waals surface area (Å²) in [7, 11) is 3.55. The Hall–Kier alpha value is -2.43. The molecule has 0 aliphatic rings. The van der Waals surface area contributed by atoms with Gasteiger partial charge in [0.2, 0.25) is 5.91 Å². The number of benzene rings is 1. The summed E-state index contributed by atoms with van der Waals surface area (Å²) in [6, 6.07) is 7.84. The number of nitrogens with zero attached hydrogens (tertiary/aromatic N) is 3. The van der Waals surface area contributed by atoms with Gasteiger partial charge in [0.05, 0.1) is 12.2 Å². The van der Waals surface area contributed by atoms with Crippen molar-refractivity contribution in [3.63, 3.8) is 0 Å². The fourth-order valence-corrected chi connectivity index (χ4v) is 1.74. The van der Waals surface area contributed by atoms with Crippen LogP contribution in [-0.4, -0.2) is 27.6 Å². The van der Waals surface area contributed by atoms with Crippen LogP contribution in [0.1, 0.15) is 11.3 Å². The van der Waals surface area contributed by atoms with Crippen molar-refractivity contribution < 1.29 is 9.18 Å². The third-order valence-electron chi connectivity index (χ3n) is 2.83. The van der Waals surface area contributed by atoms with E-state index in [4.69, 9.17) is 0 Å². The topological polar surface area (TPSA) is 38.1 Å². The first-order valence-electron chi connectivity index (χ1n) is 6.22. The summed E-state index contributed by atoms with van der Waals surface area (Å²) >= 11 is 0. The SMILES string of the molecule is CN(Cc1ccn(C)n1)C(=O)/C=C/c1ccc(F)cc1. The lowest BCUT2D eigenvalue weighted by Gasteiger charge is -2.13. The second-order valence-corrected chi connectivity index (χ2v) is 4.56. The van der Waals surface area contributed by atoms with Gasteiger partial charge in [-0.1, -0.05) is 12.1 Å². The van der Waals surface area contributed by atoms with Gasteiger partial charge >= 0.3 is 0 Å². The van der Waals surface area contributed by atoms with E-state index in [-0.39, 0.29) is 11.7 Å². The Morgan fingerprint density at radius 3 is 2.65 bits per heavy atom. The molecule has 2 aromatic rings. The van der Waals surface area contributed by atoms with Crippen LogP contribution >= 0.6 is 0 Å². The van der Waals surface area contributed by atoms with Crippen molar-refractivity contribution in [1.29, 1.82) is 0 Å². The smallest absolute Gasteiger partial charge is 0.246 e. The molecule has 1 amide bonds. The van der Waals surface area contributed by atoms with E-state index in [1.54, 1.807) is 34.8 Å². The number of likely N-dealkylation sites (N-methyl/N-ethyl adjacent to an activating group) is 1. The van der Waals surface area contributed by atoms with Gasteiger partial charge in [-0.25, -0.2) is 4.39 Å². The second kappa shape index (κ2) is 6.14. The van der Waals surface area contributed by atoms with Crippen LogP contribution in [0.25, 0.3) is 6.08 Å². The lowest BCUT2D eigenvalue weighted by atomic mass is 10.2. The quantitative estimate of drug-likeness (QED) is 0.801. The molecule has 0 spiro atoms. The van der Waals surface area contributed by atoms with Crippen molar-refractivity contribution in [2.45, 2.75) is 6.54 Å². The van der Waals surface area contributed by atoms with Crippen LogP contribution in [0, 0.1) is 5.82 Å². The van der Waals surface area contributed by atoms with Gasteiger partial charge in [-0.3, -0.25) is 9.48 Å². The Kier molecular flexibility index (Phi) is 4.30. The van der Waals surface area contributed by atoms with Crippen LogP contribution in [0.4, 0.5) is 4.39 Å². The van der Waals surface area contributed by atoms with E-state index in [2.05, 4.69) is 5.10 Å². The van der Waals surface area contributed by atoms with Gasteiger partial charge in [0.15, 0.2) is 0 Å². The molecule has 0 saturated carbocycles. The molecular weight excluding hydrogens is 257 g/mol. The highest BCUT2D eigenvalue weighted by Gasteiger charge is 2.07. The highest BCUT2D eigenvalue weighted by Crippen LogP contribution is 2.06. The summed E-state index contributed by atoms with van der Waals surface area (Å²) in [6.07, 6.45) is 4.97. The first-order chi connectivity index (χ1) is 9.54. The molecule has 1 heterocycles. The van der Waals surface area contributed by atoms with Gasteiger partial charge in [-0.2, -0.15) is 5.10 Å². The summed E-state index contributed by atoms with van der Waals surface area (Å²) in [5.41, 5.74) is 1.62. The first kappa shape index (κ1) is 14.0. The summed E-state index contributed by atoms with van der Waals surface area (Å²) in [6.45, 7) is 0.452. The predicted octanol–water partition coefficient (Wildman–Crippen LogP) is 2.23. The highest BCUT2D eigenvalue weighted by atomic mass is 19.1. The highest BCUT2D eigenvalue weighted by molar-refractivity contribution is 5.91. The minimum Gasteiger partial charge on any atom is -0.336 e. The molecule has 104 valence electrons. The Labute approximate surface area is 117 Å². The van der Waals surface area contributed by atoms with E-state index in [9.17, 15) is 9.18 Å². The molecule has 1 aromatic heterocycles. The van der Waals surface area contributed by atoms with Crippen molar-refractivity contribution in [2.75, 3.05) is 7.05 Å². The largest absolute Gasteiger partial charge is 0.336 e. The average Bonchev–Trinajstić information content (AvgIpc) is 2.83. The molecule has 0 aliphatic heterocycles. The van der Waals surface area contributed by atoms with E-state index in [0.717, 1.165) is 11.3 Å². The maximum absolute atomic E-state index is 12.7. The van der Waals surface area contributed by atoms with E-state index in [0.29, 0.717) is 6.54 Å².